The van der Waals surface area contributed by atoms with Crippen LogP contribution >= 0.6 is 12.4 Å². The van der Waals surface area contributed by atoms with Gasteiger partial charge < -0.3 is 25.0 Å². The monoisotopic (exact) mass is 343 g/mol. The molecule has 1 aromatic carbocycles. The van der Waals surface area contributed by atoms with Crippen LogP contribution in [0.3, 0.4) is 0 Å². The van der Waals surface area contributed by atoms with Crippen molar-refractivity contribution in [3.63, 3.8) is 0 Å². The molecule has 0 aliphatic carbocycles. The molecule has 0 saturated carbocycles. The molecule has 1 aromatic rings. The van der Waals surface area contributed by atoms with E-state index >= 15 is 0 Å². The van der Waals surface area contributed by atoms with Gasteiger partial charge in [-0.2, -0.15) is 0 Å². The van der Waals surface area contributed by atoms with E-state index in [0.717, 1.165) is 39.1 Å². The highest BCUT2D eigenvalue weighted by Crippen LogP contribution is 2.24. The number of hydrogen-bond donors (Lipinski definition) is 2. The van der Waals surface area contributed by atoms with Crippen LogP contribution in [0.4, 0.5) is 0 Å². The number of ether oxygens (including phenoxy) is 2. The smallest absolute Gasteiger partial charge is 0.255 e. The minimum atomic E-state index is -0.111. The second-order valence-corrected chi connectivity index (χ2v) is 5.27. The Balaban J connectivity index is 0.00000264. The van der Waals surface area contributed by atoms with Gasteiger partial charge in [0.1, 0.15) is 11.5 Å². The van der Waals surface area contributed by atoms with Crippen molar-refractivity contribution in [2.24, 2.45) is 0 Å². The van der Waals surface area contributed by atoms with Crippen LogP contribution in [-0.4, -0.2) is 64.3 Å². The maximum Gasteiger partial charge on any atom is 0.255 e. The molecule has 2 rings (SSSR count). The summed E-state index contributed by atoms with van der Waals surface area (Å²) in [5.41, 5.74) is 0.533. The van der Waals surface area contributed by atoms with Crippen LogP contribution in [0.2, 0.25) is 0 Å². The summed E-state index contributed by atoms with van der Waals surface area (Å²) in [6.45, 7) is 5.95. The maximum atomic E-state index is 12.2. The Morgan fingerprint density at radius 3 is 2.65 bits per heavy atom. The molecule has 0 spiro atoms. The fourth-order valence-corrected chi connectivity index (χ4v) is 2.52. The summed E-state index contributed by atoms with van der Waals surface area (Å²) in [7, 11) is 3.14. The van der Waals surface area contributed by atoms with Gasteiger partial charge in [-0.25, -0.2) is 0 Å². The number of piperazine rings is 1. The third kappa shape index (κ3) is 5.89. The number of rotatable bonds is 7. The molecule has 6 nitrogen and oxygen atoms in total. The second kappa shape index (κ2) is 10.3. The van der Waals surface area contributed by atoms with Crippen molar-refractivity contribution >= 4 is 18.3 Å². The van der Waals surface area contributed by atoms with Gasteiger partial charge in [-0.3, -0.25) is 4.79 Å². The molecule has 0 aromatic heterocycles. The minimum Gasteiger partial charge on any atom is -0.497 e. The first kappa shape index (κ1) is 19.5. The van der Waals surface area contributed by atoms with E-state index < -0.39 is 0 Å². The molecule has 0 radical (unpaired) electrons. The van der Waals surface area contributed by atoms with Crippen LogP contribution < -0.4 is 20.1 Å². The number of halogens is 1. The lowest BCUT2D eigenvalue weighted by molar-refractivity contribution is 0.0948. The fraction of sp³-hybridized carbons (Fsp3) is 0.562. The standard InChI is InChI=1S/C16H25N3O3.ClH/c1-21-13-4-5-14(15(12-13)22-2)16(20)18-6-3-9-19-10-7-17-8-11-19;/h4-5,12,17H,3,6-11H2,1-2H3,(H,18,20);1H. The number of hydrogen-bond acceptors (Lipinski definition) is 5. The first-order chi connectivity index (χ1) is 10.7. The van der Waals surface area contributed by atoms with Gasteiger partial charge in [0.05, 0.1) is 19.8 Å². The molecule has 130 valence electrons. The number of nitrogens with one attached hydrogen (secondary N) is 2. The van der Waals surface area contributed by atoms with Crippen molar-refractivity contribution in [3.05, 3.63) is 23.8 Å². The van der Waals surface area contributed by atoms with Crippen molar-refractivity contribution in [1.82, 2.24) is 15.5 Å². The lowest BCUT2D eigenvalue weighted by atomic mass is 10.1. The van der Waals surface area contributed by atoms with Gasteiger partial charge in [-0.05, 0) is 25.1 Å². The quantitative estimate of drug-likeness (QED) is 0.727. The molecule has 23 heavy (non-hydrogen) atoms. The highest BCUT2D eigenvalue weighted by molar-refractivity contribution is 5.97. The van der Waals surface area contributed by atoms with Crippen LogP contribution in [0.15, 0.2) is 18.2 Å². The number of amides is 1. The van der Waals surface area contributed by atoms with Gasteiger partial charge >= 0.3 is 0 Å². The molecule has 7 heteroatoms. The molecule has 0 unspecified atom stereocenters. The van der Waals surface area contributed by atoms with E-state index in [1.165, 1.54) is 0 Å². The molecule has 0 atom stereocenters. The Bertz CT molecular complexity index is 493. The molecular formula is C16H26ClN3O3. The Labute approximate surface area is 143 Å². The summed E-state index contributed by atoms with van der Waals surface area (Å²) in [5.74, 6) is 1.09. The van der Waals surface area contributed by atoms with Crippen LogP contribution in [0, 0.1) is 0 Å². The number of nitrogens with zero attached hydrogens (tertiary/aromatic N) is 1. The van der Waals surface area contributed by atoms with Crippen molar-refractivity contribution in [2.75, 3.05) is 53.5 Å². The highest BCUT2D eigenvalue weighted by Gasteiger charge is 2.13. The molecule has 1 saturated heterocycles. The van der Waals surface area contributed by atoms with Gasteiger partial charge in [0, 0.05) is 38.8 Å². The molecular weight excluding hydrogens is 318 g/mol. The first-order valence-electron chi connectivity index (χ1n) is 7.68. The van der Waals surface area contributed by atoms with Crippen LogP contribution in [-0.2, 0) is 0 Å². The van der Waals surface area contributed by atoms with E-state index in [-0.39, 0.29) is 18.3 Å². The van der Waals surface area contributed by atoms with Crippen LogP contribution in [0.1, 0.15) is 16.8 Å². The van der Waals surface area contributed by atoms with Gasteiger partial charge in [-0.15, -0.1) is 12.4 Å². The average molecular weight is 344 g/mol. The van der Waals surface area contributed by atoms with E-state index in [2.05, 4.69) is 15.5 Å². The molecule has 1 heterocycles. The Morgan fingerprint density at radius 2 is 2.00 bits per heavy atom. The van der Waals surface area contributed by atoms with Crippen molar-refractivity contribution in [3.8, 4) is 11.5 Å². The summed E-state index contributed by atoms with van der Waals surface area (Å²) in [6.07, 6.45) is 0.949. The zero-order chi connectivity index (χ0) is 15.8. The number of benzene rings is 1. The van der Waals surface area contributed by atoms with Crippen LogP contribution in [0.5, 0.6) is 11.5 Å². The third-order valence-electron chi connectivity index (χ3n) is 3.80. The minimum absolute atomic E-state index is 0. The number of carbonyl (C=O) groups is 1. The lowest BCUT2D eigenvalue weighted by Gasteiger charge is -2.27. The first-order valence-corrected chi connectivity index (χ1v) is 7.68. The summed E-state index contributed by atoms with van der Waals surface area (Å²) in [6, 6.07) is 5.21. The summed E-state index contributed by atoms with van der Waals surface area (Å²) in [5, 5.41) is 6.28. The van der Waals surface area contributed by atoms with Gasteiger partial charge in [0.2, 0.25) is 0 Å². The maximum absolute atomic E-state index is 12.2. The average Bonchev–Trinajstić information content (AvgIpc) is 2.58. The van der Waals surface area contributed by atoms with Gasteiger partial charge in [0.25, 0.3) is 5.91 Å². The molecule has 0 bridgehead atoms. The van der Waals surface area contributed by atoms with E-state index in [1.807, 2.05) is 0 Å². The zero-order valence-corrected chi connectivity index (χ0v) is 14.6. The highest BCUT2D eigenvalue weighted by atomic mass is 35.5. The molecule has 2 N–H and O–H groups in total. The molecule has 1 aliphatic heterocycles. The van der Waals surface area contributed by atoms with Gasteiger partial charge in [-0.1, -0.05) is 0 Å². The van der Waals surface area contributed by atoms with Crippen molar-refractivity contribution < 1.29 is 14.3 Å². The molecule has 1 aliphatic rings. The van der Waals surface area contributed by atoms with Crippen molar-refractivity contribution in [1.29, 1.82) is 0 Å². The Kier molecular flexibility index (Phi) is 8.76. The van der Waals surface area contributed by atoms with E-state index in [9.17, 15) is 4.79 Å². The third-order valence-corrected chi connectivity index (χ3v) is 3.80. The molecule has 1 amide bonds. The van der Waals surface area contributed by atoms with E-state index in [4.69, 9.17) is 9.47 Å². The number of carbonyl (C=O) groups excluding carboxylic acids is 1. The zero-order valence-electron chi connectivity index (χ0n) is 13.8. The lowest BCUT2D eigenvalue weighted by Crippen LogP contribution is -2.44. The largest absolute Gasteiger partial charge is 0.497 e. The molecule has 1 fully saturated rings. The normalized spacial score (nSPS) is 14.7. The summed E-state index contributed by atoms with van der Waals surface area (Å²) < 4.78 is 10.4. The Morgan fingerprint density at radius 1 is 1.26 bits per heavy atom. The fourth-order valence-electron chi connectivity index (χ4n) is 2.52. The summed E-state index contributed by atoms with van der Waals surface area (Å²) in [4.78, 5) is 14.6. The van der Waals surface area contributed by atoms with E-state index in [1.54, 1.807) is 32.4 Å². The SMILES string of the molecule is COc1ccc(C(=O)NCCCN2CCNCC2)c(OC)c1.Cl. The summed E-state index contributed by atoms with van der Waals surface area (Å²) >= 11 is 0. The van der Waals surface area contributed by atoms with Gasteiger partial charge in [0.15, 0.2) is 0 Å². The van der Waals surface area contributed by atoms with Crippen LogP contribution in [0.25, 0.3) is 0 Å². The number of methoxy groups -OCH3 is 2. The topological polar surface area (TPSA) is 62.8 Å². The predicted octanol–water partition coefficient (Wildman–Crippen LogP) is 1.15. The predicted molar refractivity (Wildman–Crippen MR) is 93.1 cm³/mol. The Hall–Kier alpha value is -1.50. The van der Waals surface area contributed by atoms with Crippen molar-refractivity contribution in [2.45, 2.75) is 6.42 Å². The van der Waals surface area contributed by atoms with E-state index in [0.29, 0.717) is 23.6 Å². The second-order valence-electron chi connectivity index (χ2n) is 5.27.